The van der Waals surface area contributed by atoms with E-state index in [4.69, 9.17) is 0 Å². The van der Waals surface area contributed by atoms with Crippen LogP contribution >= 0.6 is 0 Å². The molecule has 7 nitrogen and oxygen atoms in total. The van der Waals surface area contributed by atoms with Gasteiger partial charge in [-0.1, -0.05) is 36.4 Å². The van der Waals surface area contributed by atoms with Crippen molar-refractivity contribution in [1.29, 1.82) is 0 Å². The molecule has 3 unspecified atom stereocenters. The van der Waals surface area contributed by atoms with Crippen LogP contribution in [-0.2, 0) is 22.6 Å². The van der Waals surface area contributed by atoms with Crippen LogP contribution in [0, 0.1) is 11.8 Å². The zero-order chi connectivity index (χ0) is 20.9. The lowest BCUT2D eigenvalue weighted by atomic mass is 9.76. The third kappa shape index (κ3) is 4.50. The third-order valence-electron chi connectivity index (χ3n) is 6.01. The summed E-state index contributed by atoms with van der Waals surface area (Å²) in [5.41, 5.74) is 2.03. The SMILES string of the molecule is O=C(NCc1cccnc1)C1CCC2C(=O)N(CCc3ccccc3)C(=O)NC2C1. The second-order valence-corrected chi connectivity index (χ2v) is 7.98. The first kappa shape index (κ1) is 20.1. The predicted octanol–water partition coefficient (Wildman–Crippen LogP) is 2.28. The van der Waals surface area contributed by atoms with Crippen molar-refractivity contribution in [2.24, 2.45) is 11.8 Å². The van der Waals surface area contributed by atoms with Gasteiger partial charge in [-0.3, -0.25) is 19.5 Å². The zero-order valence-electron chi connectivity index (χ0n) is 16.8. The molecule has 0 bridgehead atoms. The molecular weight excluding hydrogens is 380 g/mol. The van der Waals surface area contributed by atoms with Crippen molar-refractivity contribution in [2.75, 3.05) is 6.54 Å². The lowest BCUT2D eigenvalue weighted by Gasteiger charge is -2.42. The van der Waals surface area contributed by atoms with Gasteiger partial charge in [0.15, 0.2) is 0 Å². The number of urea groups is 1. The van der Waals surface area contributed by atoms with Crippen molar-refractivity contribution in [3.8, 4) is 0 Å². The van der Waals surface area contributed by atoms with Crippen LogP contribution in [0.15, 0.2) is 54.9 Å². The summed E-state index contributed by atoms with van der Waals surface area (Å²) in [6.45, 7) is 0.794. The highest BCUT2D eigenvalue weighted by Crippen LogP contribution is 2.33. The number of rotatable bonds is 6. The standard InChI is InChI=1S/C23H26N4O3/c28-21(25-15-17-7-4-11-24-14-17)18-8-9-19-20(13-18)26-23(30)27(22(19)29)12-10-16-5-2-1-3-6-16/h1-7,11,14,18-20H,8-10,12-13,15H2,(H,25,28)(H,26,30). The third-order valence-corrected chi connectivity index (χ3v) is 6.01. The minimum Gasteiger partial charge on any atom is -0.352 e. The molecule has 1 aliphatic heterocycles. The number of fused-ring (bicyclic) bond motifs is 1. The molecule has 7 heteroatoms. The molecular formula is C23H26N4O3. The molecule has 1 aromatic carbocycles. The van der Waals surface area contributed by atoms with Gasteiger partial charge in [0, 0.05) is 37.4 Å². The molecule has 0 radical (unpaired) electrons. The van der Waals surface area contributed by atoms with Crippen molar-refractivity contribution < 1.29 is 14.4 Å². The Balaban J connectivity index is 1.31. The molecule has 2 fully saturated rings. The Hall–Kier alpha value is -3.22. The molecule has 1 saturated heterocycles. The highest BCUT2D eigenvalue weighted by molar-refractivity contribution is 5.99. The van der Waals surface area contributed by atoms with E-state index in [1.54, 1.807) is 12.4 Å². The molecule has 2 N–H and O–H groups in total. The molecule has 1 aliphatic carbocycles. The molecule has 156 valence electrons. The summed E-state index contributed by atoms with van der Waals surface area (Å²) in [7, 11) is 0. The molecule has 1 aromatic heterocycles. The number of hydrogen-bond acceptors (Lipinski definition) is 4. The predicted molar refractivity (Wildman–Crippen MR) is 111 cm³/mol. The Labute approximate surface area is 175 Å². The maximum Gasteiger partial charge on any atom is 0.324 e. The second-order valence-electron chi connectivity index (χ2n) is 7.98. The lowest BCUT2D eigenvalue weighted by Crippen LogP contribution is -2.62. The maximum atomic E-state index is 12.9. The van der Waals surface area contributed by atoms with Crippen LogP contribution in [0.2, 0.25) is 0 Å². The quantitative estimate of drug-likeness (QED) is 0.770. The molecule has 30 heavy (non-hydrogen) atoms. The fourth-order valence-corrected chi connectivity index (χ4v) is 4.33. The number of pyridine rings is 1. The number of carbonyl (C=O) groups excluding carboxylic acids is 3. The van der Waals surface area contributed by atoms with E-state index in [0.29, 0.717) is 38.8 Å². The number of amides is 4. The fraction of sp³-hybridized carbons (Fsp3) is 0.391. The van der Waals surface area contributed by atoms with Gasteiger partial charge in [0.25, 0.3) is 0 Å². The van der Waals surface area contributed by atoms with E-state index >= 15 is 0 Å². The average molecular weight is 406 g/mol. The normalized spacial score (nSPS) is 23.5. The van der Waals surface area contributed by atoms with Crippen LogP contribution in [-0.4, -0.2) is 40.3 Å². The molecule has 4 rings (SSSR count). The van der Waals surface area contributed by atoms with Crippen molar-refractivity contribution in [1.82, 2.24) is 20.5 Å². The highest BCUT2D eigenvalue weighted by atomic mass is 16.2. The van der Waals surface area contributed by atoms with Crippen LogP contribution in [0.5, 0.6) is 0 Å². The number of hydrogen-bond donors (Lipinski definition) is 2. The van der Waals surface area contributed by atoms with Gasteiger partial charge in [0.1, 0.15) is 0 Å². The van der Waals surface area contributed by atoms with Gasteiger partial charge in [0.05, 0.1) is 5.92 Å². The van der Waals surface area contributed by atoms with E-state index in [1.807, 2.05) is 42.5 Å². The molecule has 2 aromatic rings. The van der Waals surface area contributed by atoms with E-state index in [1.165, 1.54) is 4.90 Å². The van der Waals surface area contributed by atoms with E-state index in [9.17, 15) is 14.4 Å². The monoisotopic (exact) mass is 406 g/mol. The molecule has 2 aliphatic rings. The number of nitrogens with one attached hydrogen (secondary N) is 2. The summed E-state index contributed by atoms with van der Waals surface area (Å²) < 4.78 is 0. The van der Waals surface area contributed by atoms with E-state index in [2.05, 4.69) is 15.6 Å². The summed E-state index contributed by atoms with van der Waals surface area (Å²) in [6.07, 6.45) is 5.80. The van der Waals surface area contributed by atoms with Gasteiger partial charge in [-0.05, 0) is 42.9 Å². The zero-order valence-corrected chi connectivity index (χ0v) is 16.8. The van der Waals surface area contributed by atoms with Crippen LogP contribution in [0.3, 0.4) is 0 Å². The molecule has 4 amide bonds. The first-order valence-corrected chi connectivity index (χ1v) is 10.4. The molecule has 0 spiro atoms. The maximum absolute atomic E-state index is 12.9. The van der Waals surface area contributed by atoms with E-state index in [-0.39, 0.29) is 35.7 Å². The van der Waals surface area contributed by atoms with E-state index < -0.39 is 0 Å². The summed E-state index contributed by atoms with van der Waals surface area (Å²) in [5, 5.41) is 5.92. The lowest BCUT2D eigenvalue weighted by molar-refractivity contribution is -0.139. The van der Waals surface area contributed by atoms with Gasteiger partial charge in [0.2, 0.25) is 11.8 Å². The summed E-state index contributed by atoms with van der Waals surface area (Å²) in [4.78, 5) is 43.5. The van der Waals surface area contributed by atoms with Gasteiger partial charge in [-0.2, -0.15) is 0 Å². The largest absolute Gasteiger partial charge is 0.352 e. The van der Waals surface area contributed by atoms with Crippen LogP contribution < -0.4 is 10.6 Å². The van der Waals surface area contributed by atoms with E-state index in [0.717, 1.165) is 11.1 Å². The molecule has 3 atom stereocenters. The van der Waals surface area contributed by atoms with Gasteiger partial charge in [-0.15, -0.1) is 0 Å². The van der Waals surface area contributed by atoms with Crippen molar-refractivity contribution in [2.45, 2.75) is 38.3 Å². The highest BCUT2D eigenvalue weighted by Gasteiger charge is 2.45. The Bertz CT molecular complexity index is 903. The van der Waals surface area contributed by atoms with Gasteiger partial charge in [-0.25, -0.2) is 4.79 Å². The first-order chi connectivity index (χ1) is 14.6. The van der Waals surface area contributed by atoms with Crippen LogP contribution in [0.1, 0.15) is 30.4 Å². The van der Waals surface area contributed by atoms with Crippen LogP contribution in [0.4, 0.5) is 4.79 Å². The topological polar surface area (TPSA) is 91.4 Å². The van der Waals surface area contributed by atoms with Gasteiger partial charge < -0.3 is 10.6 Å². The molecule has 2 heterocycles. The summed E-state index contributed by atoms with van der Waals surface area (Å²) in [5.74, 6) is -0.604. The first-order valence-electron chi connectivity index (χ1n) is 10.4. The Morgan fingerprint density at radius 3 is 2.67 bits per heavy atom. The Kier molecular flexibility index (Phi) is 6.07. The smallest absolute Gasteiger partial charge is 0.324 e. The molecule has 1 saturated carbocycles. The average Bonchev–Trinajstić information content (AvgIpc) is 2.78. The summed E-state index contributed by atoms with van der Waals surface area (Å²) in [6, 6.07) is 12.9. The number of carbonyl (C=O) groups is 3. The van der Waals surface area contributed by atoms with Crippen molar-refractivity contribution in [3.05, 3.63) is 66.0 Å². The minimum absolute atomic E-state index is 0.0366. The summed E-state index contributed by atoms with van der Waals surface area (Å²) >= 11 is 0. The minimum atomic E-state index is -0.353. The number of nitrogens with zero attached hydrogens (tertiary/aromatic N) is 2. The Morgan fingerprint density at radius 2 is 1.90 bits per heavy atom. The number of imide groups is 1. The van der Waals surface area contributed by atoms with Crippen molar-refractivity contribution >= 4 is 17.8 Å². The van der Waals surface area contributed by atoms with Crippen LogP contribution in [0.25, 0.3) is 0 Å². The second kappa shape index (κ2) is 9.07. The number of benzene rings is 1. The Morgan fingerprint density at radius 1 is 1.10 bits per heavy atom. The van der Waals surface area contributed by atoms with Crippen molar-refractivity contribution in [3.63, 3.8) is 0 Å². The van der Waals surface area contributed by atoms with Gasteiger partial charge >= 0.3 is 6.03 Å². The number of aromatic nitrogens is 1. The fourth-order valence-electron chi connectivity index (χ4n) is 4.33.